The first kappa shape index (κ1) is 16.4. The third-order valence-corrected chi connectivity index (χ3v) is 3.46. The van der Waals surface area contributed by atoms with Gasteiger partial charge in [-0.15, -0.1) is 0 Å². The van der Waals surface area contributed by atoms with Gasteiger partial charge in [-0.05, 0) is 28.8 Å². The van der Waals surface area contributed by atoms with Crippen molar-refractivity contribution < 1.29 is 0 Å². The average Bonchev–Trinajstić information content (AvgIpc) is 2.37. The molecule has 3 nitrogen and oxygen atoms in total. The highest BCUT2D eigenvalue weighted by atomic mass is 79.9. The van der Waals surface area contributed by atoms with Gasteiger partial charge in [0.05, 0.1) is 0 Å². The van der Waals surface area contributed by atoms with E-state index in [-0.39, 0.29) is 0 Å². The van der Waals surface area contributed by atoms with Crippen molar-refractivity contribution in [1.82, 2.24) is 9.97 Å². The van der Waals surface area contributed by atoms with Crippen molar-refractivity contribution in [3.05, 3.63) is 16.5 Å². The fourth-order valence-corrected chi connectivity index (χ4v) is 2.43. The SMILES string of the molecule is CCCCCCCCNc1cc(Br)nc(CCC)n1. The van der Waals surface area contributed by atoms with E-state index < -0.39 is 0 Å². The van der Waals surface area contributed by atoms with Crippen LogP contribution in [-0.2, 0) is 6.42 Å². The predicted octanol–water partition coefficient (Wildman–Crippen LogP) is 4.96. The molecule has 1 N–H and O–H groups in total. The quantitative estimate of drug-likeness (QED) is 0.487. The van der Waals surface area contributed by atoms with Crippen molar-refractivity contribution in [2.24, 2.45) is 0 Å². The molecule has 1 rings (SSSR count). The van der Waals surface area contributed by atoms with E-state index >= 15 is 0 Å². The number of halogens is 1. The Bertz CT molecular complexity index is 355. The van der Waals surface area contributed by atoms with Crippen molar-refractivity contribution in [1.29, 1.82) is 0 Å². The van der Waals surface area contributed by atoms with Crippen LogP contribution < -0.4 is 5.32 Å². The summed E-state index contributed by atoms with van der Waals surface area (Å²) in [6.07, 6.45) is 9.94. The van der Waals surface area contributed by atoms with Gasteiger partial charge in [-0.2, -0.15) is 0 Å². The van der Waals surface area contributed by atoms with E-state index in [4.69, 9.17) is 0 Å². The summed E-state index contributed by atoms with van der Waals surface area (Å²) in [6, 6.07) is 1.95. The second-order valence-corrected chi connectivity index (χ2v) is 5.75. The first-order valence-electron chi connectivity index (χ1n) is 7.53. The summed E-state index contributed by atoms with van der Waals surface area (Å²) < 4.78 is 0.872. The topological polar surface area (TPSA) is 37.8 Å². The Balaban J connectivity index is 2.25. The van der Waals surface area contributed by atoms with Crippen LogP contribution in [-0.4, -0.2) is 16.5 Å². The largest absolute Gasteiger partial charge is 0.370 e. The lowest BCUT2D eigenvalue weighted by Crippen LogP contribution is -2.06. The van der Waals surface area contributed by atoms with Crippen LogP contribution in [0.2, 0.25) is 0 Å². The Morgan fingerprint density at radius 1 is 1.00 bits per heavy atom. The van der Waals surface area contributed by atoms with Gasteiger partial charge in [0.25, 0.3) is 0 Å². The molecule has 0 saturated heterocycles. The lowest BCUT2D eigenvalue weighted by Gasteiger charge is -2.07. The molecule has 108 valence electrons. The minimum absolute atomic E-state index is 0.872. The number of aryl methyl sites for hydroxylation is 1. The van der Waals surface area contributed by atoms with Gasteiger partial charge < -0.3 is 5.32 Å². The normalized spacial score (nSPS) is 10.7. The summed E-state index contributed by atoms with van der Waals surface area (Å²) in [4.78, 5) is 8.89. The molecular formula is C15H26BrN3. The second-order valence-electron chi connectivity index (χ2n) is 4.94. The standard InChI is InChI=1S/C15H26BrN3/c1-3-5-6-7-8-9-11-17-15-12-13(16)18-14(19-15)10-4-2/h12H,3-11H2,1-2H3,(H,17,18,19). The summed E-state index contributed by atoms with van der Waals surface area (Å²) in [6.45, 7) is 5.40. The van der Waals surface area contributed by atoms with Crippen LogP contribution in [0, 0.1) is 0 Å². The van der Waals surface area contributed by atoms with Gasteiger partial charge in [-0.25, -0.2) is 9.97 Å². The monoisotopic (exact) mass is 327 g/mol. The third-order valence-electron chi connectivity index (χ3n) is 3.05. The van der Waals surface area contributed by atoms with Crippen molar-refractivity contribution in [3.63, 3.8) is 0 Å². The van der Waals surface area contributed by atoms with Gasteiger partial charge in [-0.1, -0.05) is 46.0 Å². The summed E-state index contributed by atoms with van der Waals surface area (Å²) in [5.41, 5.74) is 0. The molecule has 0 amide bonds. The van der Waals surface area contributed by atoms with Crippen molar-refractivity contribution in [2.45, 2.75) is 65.2 Å². The zero-order valence-electron chi connectivity index (χ0n) is 12.2. The number of anilines is 1. The highest BCUT2D eigenvalue weighted by Crippen LogP contribution is 2.13. The highest BCUT2D eigenvalue weighted by molar-refractivity contribution is 9.10. The lowest BCUT2D eigenvalue weighted by molar-refractivity contribution is 0.616. The van der Waals surface area contributed by atoms with Crippen molar-refractivity contribution in [2.75, 3.05) is 11.9 Å². The number of hydrogen-bond donors (Lipinski definition) is 1. The molecule has 0 fully saturated rings. The van der Waals surface area contributed by atoms with E-state index in [1.807, 2.05) is 6.07 Å². The average molecular weight is 328 g/mol. The van der Waals surface area contributed by atoms with Gasteiger partial charge in [0.1, 0.15) is 16.2 Å². The summed E-state index contributed by atoms with van der Waals surface area (Å²) in [7, 11) is 0. The Morgan fingerprint density at radius 2 is 1.74 bits per heavy atom. The van der Waals surface area contributed by atoms with E-state index in [2.05, 4.69) is 45.1 Å². The summed E-state index contributed by atoms with van der Waals surface area (Å²) in [5, 5.41) is 3.39. The Hall–Kier alpha value is -0.640. The van der Waals surface area contributed by atoms with Crippen LogP contribution in [0.25, 0.3) is 0 Å². The van der Waals surface area contributed by atoms with Gasteiger partial charge >= 0.3 is 0 Å². The summed E-state index contributed by atoms with van der Waals surface area (Å²) in [5.74, 6) is 1.86. The van der Waals surface area contributed by atoms with E-state index in [9.17, 15) is 0 Å². The van der Waals surface area contributed by atoms with Crippen LogP contribution in [0.4, 0.5) is 5.82 Å². The number of nitrogens with one attached hydrogen (secondary N) is 1. The minimum atomic E-state index is 0.872. The maximum absolute atomic E-state index is 4.52. The Labute approximate surface area is 125 Å². The van der Waals surface area contributed by atoms with Gasteiger partial charge in [0.2, 0.25) is 0 Å². The molecule has 0 spiro atoms. The van der Waals surface area contributed by atoms with Gasteiger partial charge in [-0.3, -0.25) is 0 Å². The van der Waals surface area contributed by atoms with Gasteiger partial charge in [0, 0.05) is 19.0 Å². The van der Waals surface area contributed by atoms with Crippen molar-refractivity contribution >= 4 is 21.7 Å². The fraction of sp³-hybridized carbons (Fsp3) is 0.733. The zero-order chi connectivity index (χ0) is 13.9. The number of aromatic nitrogens is 2. The first-order valence-corrected chi connectivity index (χ1v) is 8.33. The summed E-state index contributed by atoms with van der Waals surface area (Å²) >= 11 is 3.44. The molecule has 0 saturated carbocycles. The molecule has 1 heterocycles. The molecule has 0 bridgehead atoms. The maximum atomic E-state index is 4.52. The molecule has 0 aromatic carbocycles. The molecule has 1 aromatic heterocycles. The van der Waals surface area contributed by atoms with Crippen LogP contribution in [0.1, 0.15) is 64.6 Å². The van der Waals surface area contributed by atoms with E-state index in [0.717, 1.165) is 35.6 Å². The predicted molar refractivity (Wildman–Crippen MR) is 85.6 cm³/mol. The first-order chi connectivity index (χ1) is 9.26. The van der Waals surface area contributed by atoms with Crippen LogP contribution in [0.3, 0.4) is 0 Å². The smallest absolute Gasteiger partial charge is 0.132 e. The molecule has 4 heteroatoms. The molecule has 0 unspecified atom stereocenters. The fourth-order valence-electron chi connectivity index (χ4n) is 2.01. The van der Waals surface area contributed by atoms with Crippen LogP contribution in [0.5, 0.6) is 0 Å². The van der Waals surface area contributed by atoms with Crippen LogP contribution in [0.15, 0.2) is 10.7 Å². The molecule has 0 aliphatic carbocycles. The van der Waals surface area contributed by atoms with Crippen LogP contribution >= 0.6 is 15.9 Å². The van der Waals surface area contributed by atoms with E-state index in [0.29, 0.717) is 0 Å². The molecule has 0 aliphatic rings. The molecule has 0 radical (unpaired) electrons. The molecule has 1 aromatic rings. The Kier molecular flexibility index (Phi) is 8.80. The third kappa shape index (κ3) is 7.51. The molecule has 0 atom stereocenters. The Morgan fingerprint density at radius 3 is 2.47 bits per heavy atom. The molecule has 0 aliphatic heterocycles. The number of unbranched alkanes of at least 4 members (excludes halogenated alkanes) is 5. The zero-order valence-corrected chi connectivity index (χ0v) is 13.8. The van der Waals surface area contributed by atoms with E-state index in [1.54, 1.807) is 0 Å². The van der Waals surface area contributed by atoms with Crippen molar-refractivity contribution in [3.8, 4) is 0 Å². The number of hydrogen-bond acceptors (Lipinski definition) is 3. The lowest BCUT2D eigenvalue weighted by atomic mass is 10.1. The number of rotatable bonds is 10. The molecule has 19 heavy (non-hydrogen) atoms. The van der Waals surface area contributed by atoms with E-state index in [1.165, 1.54) is 38.5 Å². The number of nitrogens with zero attached hydrogens (tertiary/aromatic N) is 2. The molecular weight excluding hydrogens is 302 g/mol. The highest BCUT2D eigenvalue weighted by Gasteiger charge is 2.01. The maximum Gasteiger partial charge on any atom is 0.132 e. The minimum Gasteiger partial charge on any atom is -0.370 e. The second kappa shape index (κ2) is 10.2. The van der Waals surface area contributed by atoms with Gasteiger partial charge in [0.15, 0.2) is 0 Å².